The molecule has 4 aromatic rings. The van der Waals surface area contributed by atoms with Crippen molar-refractivity contribution in [1.82, 2.24) is 19.9 Å². The summed E-state index contributed by atoms with van der Waals surface area (Å²) >= 11 is 1.61. The maximum Gasteiger partial charge on any atom is 0.187 e. The summed E-state index contributed by atoms with van der Waals surface area (Å²) in [5, 5.41) is 16.4. The van der Waals surface area contributed by atoms with E-state index in [0.29, 0.717) is 11.6 Å². The molecule has 7 nitrogen and oxygen atoms in total. The van der Waals surface area contributed by atoms with Gasteiger partial charge in [0.25, 0.3) is 0 Å². The van der Waals surface area contributed by atoms with Gasteiger partial charge in [-0.15, -0.1) is 11.3 Å². The number of aromatic amines is 1. The zero-order valence-electron chi connectivity index (χ0n) is 17.8. The van der Waals surface area contributed by atoms with Crippen molar-refractivity contribution in [2.45, 2.75) is 25.3 Å². The number of fused-ring (bicyclic) bond motifs is 1. The molecule has 2 N–H and O–H groups in total. The maximum atomic E-state index is 8.87. The van der Waals surface area contributed by atoms with E-state index in [9.17, 15) is 0 Å². The van der Waals surface area contributed by atoms with Gasteiger partial charge in [0.05, 0.1) is 24.7 Å². The Hall–Kier alpha value is -3.41. The number of thiazole rings is 1. The highest BCUT2D eigenvalue weighted by Crippen LogP contribution is 2.32. The molecule has 0 aliphatic carbocycles. The molecule has 32 heavy (non-hydrogen) atoms. The third-order valence-corrected chi connectivity index (χ3v) is 6.71. The standard InChI is InChI=1S/C24H24N6OS/c1-31-21-4-5-22-17(11-21)10-20(27-22)14-30-8-6-16(7-9-30)23-15-32-24(29-23)28-19-3-2-18(12-25)26-13-19/h2-5,10-11,13,15-16,27H,6-9,14H2,1H3,(H,28,29). The van der Waals surface area contributed by atoms with Crippen molar-refractivity contribution in [3.05, 3.63) is 65.1 Å². The van der Waals surface area contributed by atoms with Crippen LogP contribution >= 0.6 is 11.3 Å². The number of nitrogens with one attached hydrogen (secondary N) is 2. The van der Waals surface area contributed by atoms with E-state index in [1.807, 2.05) is 18.2 Å². The van der Waals surface area contributed by atoms with Crippen LogP contribution in [0.25, 0.3) is 10.9 Å². The average molecular weight is 445 g/mol. The molecule has 5 rings (SSSR count). The molecular formula is C24H24N6OS. The number of rotatable bonds is 6. The fraction of sp³-hybridized carbons (Fsp3) is 0.292. The third-order valence-electron chi connectivity index (χ3n) is 5.93. The quantitative estimate of drug-likeness (QED) is 0.434. The highest BCUT2D eigenvalue weighted by molar-refractivity contribution is 7.13. The van der Waals surface area contributed by atoms with Crippen molar-refractivity contribution in [3.8, 4) is 11.8 Å². The normalized spacial score (nSPS) is 15.0. The summed E-state index contributed by atoms with van der Waals surface area (Å²) in [6.45, 7) is 3.05. The second kappa shape index (κ2) is 8.99. The van der Waals surface area contributed by atoms with E-state index >= 15 is 0 Å². The molecule has 4 heterocycles. The molecule has 1 saturated heterocycles. The first-order valence-electron chi connectivity index (χ1n) is 10.7. The lowest BCUT2D eigenvalue weighted by Gasteiger charge is -2.30. The van der Waals surface area contributed by atoms with Crippen LogP contribution in [0.3, 0.4) is 0 Å². The smallest absolute Gasteiger partial charge is 0.187 e. The van der Waals surface area contributed by atoms with Crippen molar-refractivity contribution in [2.75, 3.05) is 25.5 Å². The molecule has 1 aromatic carbocycles. The molecule has 162 valence electrons. The summed E-state index contributed by atoms with van der Waals surface area (Å²) in [7, 11) is 1.70. The Bertz CT molecular complexity index is 1250. The van der Waals surface area contributed by atoms with Gasteiger partial charge in [0.2, 0.25) is 0 Å². The van der Waals surface area contributed by atoms with Gasteiger partial charge in [0.1, 0.15) is 17.5 Å². The number of aromatic nitrogens is 3. The summed E-state index contributed by atoms with van der Waals surface area (Å²) < 4.78 is 5.33. The van der Waals surface area contributed by atoms with Gasteiger partial charge in [-0.05, 0) is 62.3 Å². The number of methoxy groups -OCH3 is 1. The van der Waals surface area contributed by atoms with Gasteiger partial charge < -0.3 is 15.0 Å². The van der Waals surface area contributed by atoms with E-state index in [1.54, 1.807) is 30.7 Å². The minimum absolute atomic E-state index is 0.411. The second-order valence-corrected chi connectivity index (χ2v) is 8.90. The zero-order valence-corrected chi connectivity index (χ0v) is 18.7. The number of pyridine rings is 1. The minimum atomic E-state index is 0.411. The van der Waals surface area contributed by atoms with E-state index in [-0.39, 0.29) is 0 Å². The van der Waals surface area contributed by atoms with Crippen LogP contribution in [0.2, 0.25) is 0 Å². The molecule has 0 saturated carbocycles. The van der Waals surface area contributed by atoms with Gasteiger partial charge in [0.15, 0.2) is 5.13 Å². The van der Waals surface area contributed by atoms with Crippen LogP contribution in [0.4, 0.5) is 10.8 Å². The highest BCUT2D eigenvalue weighted by atomic mass is 32.1. The third kappa shape index (κ3) is 4.44. The number of anilines is 2. The molecule has 0 amide bonds. The molecule has 0 atom stereocenters. The lowest BCUT2D eigenvalue weighted by atomic mass is 9.94. The Kier molecular flexibility index (Phi) is 5.75. The SMILES string of the molecule is COc1ccc2[nH]c(CN3CCC(c4csc(Nc5ccc(C#N)nc5)n4)CC3)cc2c1. The maximum absolute atomic E-state index is 8.87. The number of H-pyrrole nitrogens is 1. The molecule has 8 heteroatoms. The number of nitriles is 1. The van der Waals surface area contributed by atoms with Crippen LogP contribution in [-0.2, 0) is 6.54 Å². The number of hydrogen-bond acceptors (Lipinski definition) is 7. The Labute approximate surface area is 190 Å². The monoisotopic (exact) mass is 444 g/mol. The first kappa shape index (κ1) is 20.5. The molecule has 3 aromatic heterocycles. The van der Waals surface area contributed by atoms with E-state index in [0.717, 1.165) is 60.3 Å². The predicted molar refractivity (Wildman–Crippen MR) is 126 cm³/mol. The Morgan fingerprint density at radius 3 is 2.88 bits per heavy atom. The van der Waals surface area contributed by atoms with Crippen LogP contribution < -0.4 is 10.1 Å². The van der Waals surface area contributed by atoms with Crippen molar-refractivity contribution < 1.29 is 4.74 Å². The summed E-state index contributed by atoms with van der Waals surface area (Å²) in [5.41, 5.74) is 4.81. The van der Waals surface area contributed by atoms with E-state index in [2.05, 4.69) is 43.8 Å². The van der Waals surface area contributed by atoms with Crippen molar-refractivity contribution in [2.24, 2.45) is 0 Å². The Morgan fingerprint density at radius 2 is 2.12 bits per heavy atom. The lowest BCUT2D eigenvalue weighted by Crippen LogP contribution is -2.32. The minimum Gasteiger partial charge on any atom is -0.497 e. The number of likely N-dealkylation sites (tertiary alicyclic amines) is 1. The van der Waals surface area contributed by atoms with Crippen LogP contribution in [0.5, 0.6) is 5.75 Å². The molecule has 0 unspecified atom stereocenters. The van der Waals surface area contributed by atoms with Gasteiger partial charge in [-0.25, -0.2) is 9.97 Å². The summed E-state index contributed by atoms with van der Waals surface area (Å²) in [5.74, 6) is 1.38. The van der Waals surface area contributed by atoms with E-state index in [4.69, 9.17) is 15.0 Å². The molecule has 1 fully saturated rings. The van der Waals surface area contributed by atoms with Gasteiger partial charge in [-0.2, -0.15) is 5.26 Å². The number of nitrogens with zero attached hydrogens (tertiary/aromatic N) is 4. The van der Waals surface area contributed by atoms with Crippen LogP contribution in [0, 0.1) is 11.3 Å². The lowest BCUT2D eigenvalue weighted by molar-refractivity contribution is 0.202. The first-order chi connectivity index (χ1) is 15.7. The summed E-state index contributed by atoms with van der Waals surface area (Å²) in [6.07, 6.45) is 3.88. The van der Waals surface area contributed by atoms with E-state index < -0.39 is 0 Å². The van der Waals surface area contributed by atoms with Gasteiger partial charge in [-0.3, -0.25) is 4.90 Å². The van der Waals surface area contributed by atoms with E-state index in [1.165, 1.54) is 11.1 Å². The van der Waals surface area contributed by atoms with Crippen LogP contribution in [-0.4, -0.2) is 40.1 Å². The molecular weight excluding hydrogens is 420 g/mol. The van der Waals surface area contributed by atoms with Crippen molar-refractivity contribution >= 4 is 33.1 Å². The highest BCUT2D eigenvalue weighted by Gasteiger charge is 2.23. The van der Waals surface area contributed by atoms with Gasteiger partial charge in [-0.1, -0.05) is 0 Å². The van der Waals surface area contributed by atoms with Crippen molar-refractivity contribution in [3.63, 3.8) is 0 Å². The molecule has 0 bridgehead atoms. The number of hydrogen-bond donors (Lipinski definition) is 2. The summed E-state index contributed by atoms with van der Waals surface area (Å²) in [6, 6.07) is 13.9. The molecule has 0 radical (unpaired) electrons. The van der Waals surface area contributed by atoms with Gasteiger partial charge in [0, 0.05) is 34.4 Å². The number of ether oxygens (including phenoxy) is 1. The number of benzene rings is 1. The zero-order chi connectivity index (χ0) is 21.9. The Morgan fingerprint density at radius 1 is 1.25 bits per heavy atom. The van der Waals surface area contributed by atoms with Crippen LogP contribution in [0.15, 0.2) is 48.0 Å². The molecule has 1 aliphatic rings. The fourth-order valence-electron chi connectivity index (χ4n) is 4.20. The topological polar surface area (TPSA) is 89.9 Å². The summed E-state index contributed by atoms with van der Waals surface area (Å²) in [4.78, 5) is 14.9. The van der Waals surface area contributed by atoms with Gasteiger partial charge >= 0.3 is 0 Å². The average Bonchev–Trinajstić information content (AvgIpc) is 3.46. The fourth-order valence-corrected chi connectivity index (χ4v) is 5.01. The second-order valence-electron chi connectivity index (χ2n) is 8.04. The Balaban J connectivity index is 1.16. The number of piperidine rings is 1. The van der Waals surface area contributed by atoms with Crippen molar-refractivity contribution in [1.29, 1.82) is 5.26 Å². The molecule has 1 aliphatic heterocycles. The predicted octanol–water partition coefficient (Wildman–Crippen LogP) is 5.02. The first-order valence-corrected chi connectivity index (χ1v) is 11.5. The molecule has 0 spiro atoms. The van der Waals surface area contributed by atoms with Crippen LogP contribution in [0.1, 0.15) is 35.8 Å². The largest absolute Gasteiger partial charge is 0.497 e.